The average Bonchev–Trinajstić information content (AvgIpc) is 1.68. The predicted octanol–water partition coefficient (Wildman–Crippen LogP) is -0.684. The van der Waals surface area contributed by atoms with E-state index in [0.29, 0.717) is 6.42 Å². The van der Waals surface area contributed by atoms with Crippen molar-refractivity contribution in [3.05, 3.63) is 0 Å². The zero-order valence-electron chi connectivity index (χ0n) is 4.09. The van der Waals surface area contributed by atoms with Crippen LogP contribution in [0.4, 0.5) is 0 Å². The first kappa shape index (κ1) is 7.72. The van der Waals surface area contributed by atoms with Gasteiger partial charge in [0.2, 0.25) is 0 Å². The first-order chi connectivity index (χ1) is 3.31. The second kappa shape index (κ2) is 4.87. The molecule has 0 fully saturated rings. The van der Waals surface area contributed by atoms with Gasteiger partial charge in [0.15, 0.2) is 0 Å². The van der Waals surface area contributed by atoms with Crippen LogP contribution in [0.15, 0.2) is 0 Å². The molecule has 2 nitrogen and oxygen atoms in total. The molecule has 0 rings (SSSR count). The van der Waals surface area contributed by atoms with Gasteiger partial charge in [-0.15, -0.1) is 0 Å². The van der Waals surface area contributed by atoms with Crippen molar-refractivity contribution in [2.45, 2.75) is 17.0 Å². The number of aliphatic hydroxyl groups excluding tert-OH is 2. The van der Waals surface area contributed by atoms with Crippen molar-refractivity contribution in [2.75, 3.05) is 6.61 Å². The van der Waals surface area contributed by atoms with Crippen molar-refractivity contribution in [1.29, 1.82) is 0 Å². The Morgan fingerprint density at radius 1 is 1.57 bits per heavy atom. The third-order valence-electron chi connectivity index (χ3n) is 0.698. The van der Waals surface area contributed by atoms with E-state index in [1.54, 1.807) is 0 Å². The Morgan fingerprint density at radius 3 is 2.29 bits per heavy atom. The second-order valence-electron chi connectivity index (χ2n) is 1.37. The minimum atomic E-state index is -0.261. The van der Waals surface area contributed by atoms with Crippen molar-refractivity contribution < 1.29 is 10.2 Å². The van der Waals surface area contributed by atoms with Crippen molar-refractivity contribution in [1.82, 2.24) is 0 Å². The minimum absolute atomic E-state index is 0.107. The van der Waals surface area contributed by atoms with Gasteiger partial charge in [-0.2, -0.15) is 0 Å². The molecule has 0 heterocycles. The van der Waals surface area contributed by atoms with Crippen molar-refractivity contribution in [2.24, 2.45) is 0 Å². The van der Waals surface area contributed by atoms with Gasteiger partial charge in [-0.3, -0.25) is 0 Å². The molecule has 0 spiro atoms. The molecule has 0 aromatic heterocycles. The SMILES string of the molecule is OCCC(O)[CH2][Sn]. The van der Waals surface area contributed by atoms with E-state index in [1.165, 1.54) is 22.5 Å². The number of hydrogen-bond donors (Lipinski definition) is 2. The molecule has 2 N–H and O–H groups in total. The van der Waals surface area contributed by atoms with Crippen LogP contribution < -0.4 is 0 Å². The van der Waals surface area contributed by atoms with Gasteiger partial charge in [-0.1, -0.05) is 0 Å². The van der Waals surface area contributed by atoms with Gasteiger partial charge in [0, 0.05) is 0 Å². The van der Waals surface area contributed by atoms with Crippen LogP contribution >= 0.6 is 0 Å². The van der Waals surface area contributed by atoms with E-state index >= 15 is 0 Å². The molecule has 0 saturated heterocycles. The quantitative estimate of drug-likeness (QED) is 0.603. The molecule has 3 heteroatoms. The first-order valence-electron chi connectivity index (χ1n) is 2.24. The predicted molar refractivity (Wildman–Crippen MR) is 28.3 cm³/mol. The number of hydrogen-bond acceptors (Lipinski definition) is 2. The van der Waals surface area contributed by atoms with E-state index in [9.17, 15) is 0 Å². The van der Waals surface area contributed by atoms with E-state index in [1.807, 2.05) is 0 Å². The zero-order chi connectivity index (χ0) is 5.70. The van der Waals surface area contributed by atoms with Gasteiger partial charge in [0.1, 0.15) is 0 Å². The molecule has 0 amide bonds. The standard InChI is InChI=1S/C4H9O2.Sn/c1-4(6)2-3-5;/h4-6H,1-3H2;. The van der Waals surface area contributed by atoms with Gasteiger partial charge in [-0.25, -0.2) is 0 Å². The van der Waals surface area contributed by atoms with Crippen LogP contribution in [0.2, 0.25) is 4.44 Å². The van der Waals surface area contributed by atoms with E-state index < -0.39 is 0 Å². The fourth-order valence-electron chi connectivity index (χ4n) is 0.251. The molecule has 1 unspecified atom stereocenters. The maximum absolute atomic E-state index is 8.72. The second-order valence-corrected chi connectivity index (χ2v) is 2.54. The monoisotopic (exact) mass is 209 g/mol. The van der Waals surface area contributed by atoms with Gasteiger partial charge in [0.25, 0.3) is 0 Å². The summed E-state index contributed by atoms with van der Waals surface area (Å²) in [6, 6.07) is 0. The molecular weight excluding hydrogens is 199 g/mol. The average molecular weight is 208 g/mol. The maximum atomic E-state index is 8.72. The molecule has 3 radical (unpaired) electrons. The Labute approximate surface area is 56.6 Å². The Bertz CT molecular complexity index is 40.7. The van der Waals surface area contributed by atoms with E-state index in [0.717, 1.165) is 4.44 Å². The molecule has 0 aromatic rings. The van der Waals surface area contributed by atoms with E-state index in [-0.39, 0.29) is 12.7 Å². The van der Waals surface area contributed by atoms with E-state index in [4.69, 9.17) is 10.2 Å². The fraction of sp³-hybridized carbons (Fsp3) is 1.00. The van der Waals surface area contributed by atoms with Crippen molar-refractivity contribution in [3.63, 3.8) is 0 Å². The summed E-state index contributed by atoms with van der Waals surface area (Å²) >= 11 is 1.33. The van der Waals surface area contributed by atoms with Crippen molar-refractivity contribution >= 4 is 22.5 Å². The van der Waals surface area contributed by atoms with Crippen LogP contribution in [0.5, 0.6) is 0 Å². The summed E-state index contributed by atoms with van der Waals surface area (Å²) in [6.45, 7) is 0.107. The topological polar surface area (TPSA) is 40.5 Å². The molecule has 1 atom stereocenters. The van der Waals surface area contributed by atoms with Gasteiger partial charge in [0.05, 0.1) is 0 Å². The normalized spacial score (nSPS) is 14.1. The first-order valence-corrected chi connectivity index (χ1v) is 4.26. The third-order valence-corrected chi connectivity index (χ3v) is 2.04. The van der Waals surface area contributed by atoms with Crippen LogP contribution in [0.1, 0.15) is 6.42 Å². The van der Waals surface area contributed by atoms with Crippen LogP contribution in [0.3, 0.4) is 0 Å². The molecule has 0 bridgehead atoms. The summed E-state index contributed by atoms with van der Waals surface area (Å²) in [4.78, 5) is 0. The summed E-state index contributed by atoms with van der Waals surface area (Å²) in [7, 11) is 0. The van der Waals surface area contributed by atoms with Gasteiger partial charge >= 0.3 is 56.3 Å². The molecule has 7 heavy (non-hydrogen) atoms. The van der Waals surface area contributed by atoms with E-state index in [2.05, 4.69) is 0 Å². The molecule has 41 valence electrons. The summed E-state index contributed by atoms with van der Waals surface area (Å²) in [5, 5.41) is 16.9. The summed E-state index contributed by atoms with van der Waals surface area (Å²) in [5.74, 6) is 0. The Balaban J connectivity index is 2.83. The Hall–Kier alpha value is 0.719. The zero-order valence-corrected chi connectivity index (χ0v) is 6.95. The third kappa shape index (κ3) is 4.57. The summed E-state index contributed by atoms with van der Waals surface area (Å²) < 4.78 is 0.827. The Morgan fingerprint density at radius 2 is 2.14 bits per heavy atom. The van der Waals surface area contributed by atoms with Crippen LogP contribution in [-0.4, -0.2) is 45.4 Å². The molecule has 0 aliphatic rings. The molecule has 0 aliphatic carbocycles. The number of aliphatic hydroxyl groups is 2. The summed E-state index contributed by atoms with van der Waals surface area (Å²) in [5.41, 5.74) is 0. The molecule has 0 aromatic carbocycles. The van der Waals surface area contributed by atoms with Crippen molar-refractivity contribution in [3.8, 4) is 0 Å². The molecule has 0 aliphatic heterocycles. The number of rotatable bonds is 3. The summed E-state index contributed by atoms with van der Waals surface area (Å²) in [6.07, 6.45) is 0.272. The van der Waals surface area contributed by atoms with Gasteiger partial charge in [-0.05, 0) is 0 Å². The van der Waals surface area contributed by atoms with Gasteiger partial charge < -0.3 is 0 Å². The van der Waals surface area contributed by atoms with Crippen LogP contribution in [-0.2, 0) is 0 Å². The molecular formula is C4H9O2Sn. The Kier molecular flexibility index (Phi) is 5.37. The fourth-order valence-corrected chi connectivity index (χ4v) is 0.834. The molecule has 0 saturated carbocycles. The van der Waals surface area contributed by atoms with Crippen LogP contribution in [0, 0.1) is 0 Å². The van der Waals surface area contributed by atoms with Crippen LogP contribution in [0.25, 0.3) is 0 Å².